The fourth-order valence-corrected chi connectivity index (χ4v) is 2.34. The zero-order valence-corrected chi connectivity index (χ0v) is 16.1. The van der Waals surface area contributed by atoms with Crippen LogP contribution in [-0.4, -0.2) is 37.4 Å². The molecule has 0 spiro atoms. The van der Waals surface area contributed by atoms with Gasteiger partial charge in [-0.05, 0) is 35.4 Å². The zero-order chi connectivity index (χ0) is 21.4. The van der Waals surface area contributed by atoms with Gasteiger partial charge in [-0.15, -0.1) is 0 Å². The lowest BCUT2D eigenvalue weighted by Crippen LogP contribution is -2.42. The van der Waals surface area contributed by atoms with Gasteiger partial charge in [0, 0.05) is 20.6 Å². The van der Waals surface area contributed by atoms with Crippen molar-refractivity contribution in [3.63, 3.8) is 0 Å². The van der Waals surface area contributed by atoms with Gasteiger partial charge >= 0.3 is 6.18 Å². The van der Waals surface area contributed by atoms with E-state index in [-0.39, 0.29) is 37.3 Å². The Kier molecular flexibility index (Phi) is 7.58. The third-order valence-corrected chi connectivity index (χ3v) is 3.93. The van der Waals surface area contributed by atoms with Crippen LogP contribution in [0.15, 0.2) is 53.5 Å². The number of hydrogen-bond donors (Lipinski definition) is 2. The summed E-state index contributed by atoms with van der Waals surface area (Å²) >= 11 is 0. The average molecular weight is 410 g/mol. The van der Waals surface area contributed by atoms with Crippen molar-refractivity contribution < 1.29 is 22.4 Å². The number of guanidine groups is 1. The summed E-state index contributed by atoms with van der Waals surface area (Å²) in [6.45, 7) is 0.144. The number of nitrogens with zero attached hydrogens (tertiary/aromatic N) is 2. The third kappa shape index (κ3) is 7.44. The number of carbonyl (C=O) groups excluding carboxylic acids is 1. The average Bonchev–Trinajstić information content (AvgIpc) is 2.66. The van der Waals surface area contributed by atoms with Crippen molar-refractivity contribution in [1.29, 1.82) is 0 Å². The molecule has 9 heteroatoms. The minimum absolute atomic E-state index is 0.0292. The Bertz CT molecular complexity index is 866. The predicted octanol–water partition coefficient (Wildman–Crippen LogP) is 3.17. The van der Waals surface area contributed by atoms with Crippen LogP contribution < -0.4 is 10.6 Å². The van der Waals surface area contributed by atoms with Gasteiger partial charge in [0.2, 0.25) is 5.91 Å². The molecule has 29 heavy (non-hydrogen) atoms. The van der Waals surface area contributed by atoms with E-state index in [2.05, 4.69) is 15.6 Å². The molecular weight excluding hydrogens is 388 g/mol. The molecule has 0 heterocycles. The maximum absolute atomic E-state index is 13.3. The number of amides is 1. The van der Waals surface area contributed by atoms with Crippen molar-refractivity contribution in [3.8, 4) is 0 Å². The number of carbonyl (C=O) groups is 1. The van der Waals surface area contributed by atoms with Crippen molar-refractivity contribution in [1.82, 2.24) is 15.5 Å². The van der Waals surface area contributed by atoms with Crippen LogP contribution in [0.2, 0.25) is 0 Å². The molecule has 0 saturated heterocycles. The minimum Gasteiger partial charge on any atom is -0.352 e. The molecule has 2 rings (SSSR count). The maximum atomic E-state index is 13.3. The summed E-state index contributed by atoms with van der Waals surface area (Å²) in [5.74, 6) is -0.367. The van der Waals surface area contributed by atoms with Gasteiger partial charge in [-0.25, -0.2) is 9.38 Å². The Morgan fingerprint density at radius 3 is 2.38 bits per heavy atom. The number of hydrogen-bond acceptors (Lipinski definition) is 2. The molecule has 5 nitrogen and oxygen atoms in total. The highest BCUT2D eigenvalue weighted by Crippen LogP contribution is 2.29. The molecule has 0 fully saturated rings. The summed E-state index contributed by atoms with van der Waals surface area (Å²) < 4.78 is 51.9. The number of nitrogens with one attached hydrogen (secondary N) is 2. The van der Waals surface area contributed by atoms with E-state index >= 15 is 0 Å². The SMILES string of the molecule is CN(C)C(=O)CNC(=NCc1cccc(C(F)(F)F)c1)NCc1cccc(F)c1. The van der Waals surface area contributed by atoms with Gasteiger partial charge in [0.05, 0.1) is 18.7 Å². The number of halogens is 4. The van der Waals surface area contributed by atoms with E-state index in [0.29, 0.717) is 11.1 Å². The molecule has 0 atom stereocenters. The molecule has 0 unspecified atom stereocenters. The summed E-state index contributed by atoms with van der Waals surface area (Å²) in [5, 5.41) is 5.78. The van der Waals surface area contributed by atoms with Crippen LogP contribution in [-0.2, 0) is 24.1 Å². The molecule has 2 aromatic carbocycles. The van der Waals surface area contributed by atoms with Crippen molar-refractivity contribution in [2.75, 3.05) is 20.6 Å². The molecule has 156 valence electrons. The fraction of sp³-hybridized carbons (Fsp3) is 0.300. The van der Waals surface area contributed by atoms with Crippen LogP contribution in [0.4, 0.5) is 17.6 Å². The Morgan fingerprint density at radius 2 is 1.72 bits per heavy atom. The highest BCUT2D eigenvalue weighted by atomic mass is 19.4. The van der Waals surface area contributed by atoms with Gasteiger partial charge in [-0.1, -0.05) is 24.3 Å². The second-order valence-electron chi connectivity index (χ2n) is 6.49. The molecule has 0 bridgehead atoms. The summed E-state index contributed by atoms with van der Waals surface area (Å²) in [4.78, 5) is 17.4. The monoisotopic (exact) mass is 410 g/mol. The van der Waals surface area contributed by atoms with Crippen LogP contribution in [0, 0.1) is 5.82 Å². The normalized spacial score (nSPS) is 11.9. The third-order valence-electron chi connectivity index (χ3n) is 3.93. The van der Waals surface area contributed by atoms with Gasteiger partial charge in [0.1, 0.15) is 5.82 Å². The lowest BCUT2D eigenvalue weighted by molar-refractivity contribution is -0.137. The second kappa shape index (κ2) is 9.90. The van der Waals surface area contributed by atoms with E-state index < -0.39 is 11.7 Å². The predicted molar refractivity (Wildman–Crippen MR) is 103 cm³/mol. The van der Waals surface area contributed by atoms with Crippen molar-refractivity contribution in [2.24, 2.45) is 4.99 Å². The molecule has 1 amide bonds. The minimum atomic E-state index is -4.44. The first-order valence-corrected chi connectivity index (χ1v) is 8.78. The van der Waals surface area contributed by atoms with Crippen LogP contribution in [0.3, 0.4) is 0 Å². The van der Waals surface area contributed by atoms with Gasteiger partial charge < -0.3 is 15.5 Å². The van der Waals surface area contributed by atoms with Gasteiger partial charge in [0.25, 0.3) is 0 Å². The van der Waals surface area contributed by atoms with Crippen LogP contribution in [0.25, 0.3) is 0 Å². The van der Waals surface area contributed by atoms with E-state index in [0.717, 1.165) is 12.1 Å². The Balaban J connectivity index is 2.11. The van der Waals surface area contributed by atoms with E-state index in [1.54, 1.807) is 26.2 Å². The van der Waals surface area contributed by atoms with Gasteiger partial charge in [-0.3, -0.25) is 4.79 Å². The quantitative estimate of drug-likeness (QED) is 0.437. The first kappa shape index (κ1) is 22.2. The largest absolute Gasteiger partial charge is 0.416 e. The number of rotatable bonds is 6. The van der Waals surface area contributed by atoms with Crippen molar-refractivity contribution in [3.05, 3.63) is 71.0 Å². The molecule has 0 radical (unpaired) electrons. The standard InChI is InChI=1S/C20H22F4N4O/c1-28(2)18(29)13-27-19(26-12-15-6-4-8-17(21)10-15)25-11-14-5-3-7-16(9-14)20(22,23)24/h3-10H,11-13H2,1-2H3,(H2,25,26,27). The Labute approximate surface area is 166 Å². The number of aliphatic imine (C=N–C) groups is 1. The summed E-state index contributed by atoms with van der Waals surface area (Å²) in [7, 11) is 3.20. The van der Waals surface area contributed by atoms with E-state index in [4.69, 9.17) is 0 Å². The lowest BCUT2D eigenvalue weighted by Gasteiger charge is -2.15. The number of likely N-dealkylation sites (N-methyl/N-ethyl adjacent to an activating group) is 1. The summed E-state index contributed by atoms with van der Waals surface area (Å²) in [6, 6.07) is 10.8. The van der Waals surface area contributed by atoms with Crippen molar-refractivity contribution in [2.45, 2.75) is 19.3 Å². The molecule has 0 aliphatic carbocycles. The molecule has 0 aliphatic rings. The fourth-order valence-electron chi connectivity index (χ4n) is 2.34. The van der Waals surface area contributed by atoms with E-state index in [9.17, 15) is 22.4 Å². The van der Waals surface area contributed by atoms with E-state index in [1.807, 2.05) is 0 Å². The zero-order valence-electron chi connectivity index (χ0n) is 16.1. The Hall–Kier alpha value is -3.10. The van der Waals surface area contributed by atoms with E-state index in [1.165, 1.54) is 29.2 Å². The first-order valence-electron chi connectivity index (χ1n) is 8.78. The molecular formula is C20H22F4N4O. The molecule has 0 aliphatic heterocycles. The van der Waals surface area contributed by atoms with Crippen molar-refractivity contribution >= 4 is 11.9 Å². The topological polar surface area (TPSA) is 56.7 Å². The van der Waals surface area contributed by atoms with Gasteiger partial charge in [0.15, 0.2) is 5.96 Å². The number of alkyl halides is 3. The molecule has 0 aromatic heterocycles. The first-order chi connectivity index (χ1) is 13.6. The van der Waals surface area contributed by atoms with Crippen LogP contribution in [0.5, 0.6) is 0 Å². The molecule has 0 saturated carbocycles. The lowest BCUT2D eigenvalue weighted by atomic mass is 10.1. The Morgan fingerprint density at radius 1 is 1.03 bits per heavy atom. The smallest absolute Gasteiger partial charge is 0.352 e. The summed E-state index contributed by atoms with van der Waals surface area (Å²) in [5.41, 5.74) is 0.262. The summed E-state index contributed by atoms with van der Waals surface area (Å²) in [6.07, 6.45) is -4.44. The highest BCUT2D eigenvalue weighted by Gasteiger charge is 2.30. The highest BCUT2D eigenvalue weighted by molar-refractivity contribution is 5.86. The van der Waals surface area contributed by atoms with Gasteiger partial charge in [-0.2, -0.15) is 13.2 Å². The number of benzene rings is 2. The van der Waals surface area contributed by atoms with Crippen LogP contribution >= 0.6 is 0 Å². The second-order valence-corrected chi connectivity index (χ2v) is 6.49. The maximum Gasteiger partial charge on any atom is 0.416 e. The molecule has 2 N–H and O–H groups in total. The molecule has 2 aromatic rings. The van der Waals surface area contributed by atoms with Crippen LogP contribution in [0.1, 0.15) is 16.7 Å².